The van der Waals surface area contributed by atoms with E-state index in [0.29, 0.717) is 12.5 Å². The molecular weight excluding hydrogens is 260 g/mol. The van der Waals surface area contributed by atoms with Gasteiger partial charge in [-0.15, -0.1) is 0 Å². The number of rotatable bonds is 8. The van der Waals surface area contributed by atoms with Gasteiger partial charge in [0.2, 0.25) is 0 Å². The fourth-order valence-electron chi connectivity index (χ4n) is 1.87. The molecule has 1 rings (SSSR count). The summed E-state index contributed by atoms with van der Waals surface area (Å²) in [7, 11) is 1.70. The number of thiazole rings is 1. The van der Waals surface area contributed by atoms with Crippen LogP contribution in [0.15, 0.2) is 0 Å². The third-order valence-electron chi connectivity index (χ3n) is 2.75. The van der Waals surface area contributed by atoms with E-state index in [9.17, 15) is 4.79 Å². The molecule has 0 aliphatic carbocycles. The van der Waals surface area contributed by atoms with Crippen molar-refractivity contribution in [2.75, 3.05) is 31.7 Å². The Labute approximate surface area is 119 Å². The van der Waals surface area contributed by atoms with Gasteiger partial charge in [-0.3, -0.25) is 4.79 Å². The van der Waals surface area contributed by atoms with Crippen LogP contribution in [0.2, 0.25) is 0 Å². The highest BCUT2D eigenvalue weighted by Crippen LogP contribution is 2.29. The smallest absolute Gasteiger partial charge is 0.186 e. The van der Waals surface area contributed by atoms with Crippen molar-refractivity contribution in [3.05, 3.63) is 10.6 Å². The number of aromatic nitrogens is 1. The second-order valence-electron chi connectivity index (χ2n) is 5.35. The minimum Gasteiger partial charge on any atom is -0.383 e. The van der Waals surface area contributed by atoms with Crippen LogP contribution in [0.3, 0.4) is 0 Å². The van der Waals surface area contributed by atoms with Gasteiger partial charge in [-0.1, -0.05) is 39.0 Å². The van der Waals surface area contributed by atoms with Crippen LogP contribution in [0, 0.1) is 5.92 Å². The van der Waals surface area contributed by atoms with Crippen LogP contribution in [0.4, 0.5) is 5.13 Å². The van der Waals surface area contributed by atoms with E-state index in [0.717, 1.165) is 35.1 Å². The summed E-state index contributed by atoms with van der Waals surface area (Å²) in [5.41, 5.74) is 0.904. The van der Waals surface area contributed by atoms with Crippen molar-refractivity contribution >= 4 is 22.8 Å². The molecule has 0 aliphatic heterocycles. The van der Waals surface area contributed by atoms with Gasteiger partial charge >= 0.3 is 0 Å². The fourth-order valence-corrected chi connectivity index (χ4v) is 2.94. The molecule has 5 heteroatoms. The third-order valence-corrected chi connectivity index (χ3v) is 3.80. The normalized spacial score (nSPS) is 11.3. The number of hydrogen-bond acceptors (Lipinski definition) is 5. The van der Waals surface area contributed by atoms with Gasteiger partial charge in [0, 0.05) is 20.2 Å². The van der Waals surface area contributed by atoms with Gasteiger partial charge in [0.15, 0.2) is 11.4 Å². The Morgan fingerprint density at radius 1 is 1.37 bits per heavy atom. The standard InChI is InChI=1S/C14H24N2O2S/c1-10(2)8-16(6-7-18-5)14-15-13(11(3)4)12(9-17)19-14/h9-11H,6-8H2,1-5H3. The number of hydrogen-bond donors (Lipinski definition) is 0. The molecule has 0 unspecified atom stereocenters. The van der Waals surface area contributed by atoms with E-state index < -0.39 is 0 Å². The van der Waals surface area contributed by atoms with Gasteiger partial charge in [-0.25, -0.2) is 4.98 Å². The Morgan fingerprint density at radius 3 is 2.47 bits per heavy atom. The van der Waals surface area contributed by atoms with E-state index in [2.05, 4.69) is 37.6 Å². The molecule has 0 bridgehead atoms. The van der Waals surface area contributed by atoms with Crippen LogP contribution in [-0.2, 0) is 4.74 Å². The highest BCUT2D eigenvalue weighted by molar-refractivity contribution is 7.17. The van der Waals surface area contributed by atoms with E-state index in [-0.39, 0.29) is 5.92 Å². The molecule has 0 amide bonds. The van der Waals surface area contributed by atoms with E-state index >= 15 is 0 Å². The summed E-state index contributed by atoms with van der Waals surface area (Å²) < 4.78 is 5.15. The first-order chi connectivity index (χ1) is 8.99. The molecule has 108 valence electrons. The largest absolute Gasteiger partial charge is 0.383 e. The van der Waals surface area contributed by atoms with Crippen LogP contribution in [0.5, 0.6) is 0 Å². The molecule has 1 aromatic heterocycles. The SMILES string of the molecule is COCCN(CC(C)C)c1nc(C(C)C)c(C=O)s1. The van der Waals surface area contributed by atoms with Gasteiger partial charge in [-0.2, -0.15) is 0 Å². The average molecular weight is 284 g/mol. The number of methoxy groups -OCH3 is 1. The second kappa shape index (κ2) is 7.60. The zero-order valence-electron chi connectivity index (χ0n) is 12.5. The van der Waals surface area contributed by atoms with Crippen molar-refractivity contribution in [1.29, 1.82) is 0 Å². The zero-order chi connectivity index (χ0) is 14.4. The van der Waals surface area contributed by atoms with E-state index in [1.54, 1.807) is 7.11 Å². The average Bonchev–Trinajstić information content (AvgIpc) is 2.78. The van der Waals surface area contributed by atoms with Gasteiger partial charge in [-0.05, 0) is 11.8 Å². The maximum Gasteiger partial charge on any atom is 0.186 e. The first-order valence-corrected chi connectivity index (χ1v) is 7.51. The molecular formula is C14H24N2O2S. The summed E-state index contributed by atoms with van der Waals surface area (Å²) in [5.74, 6) is 0.816. The maximum absolute atomic E-state index is 11.1. The molecule has 0 atom stereocenters. The Morgan fingerprint density at radius 2 is 2.05 bits per heavy atom. The Hall–Kier alpha value is -0.940. The molecule has 0 spiro atoms. The van der Waals surface area contributed by atoms with Crippen LogP contribution < -0.4 is 4.90 Å². The van der Waals surface area contributed by atoms with E-state index in [4.69, 9.17) is 4.74 Å². The van der Waals surface area contributed by atoms with Crippen molar-refractivity contribution in [2.45, 2.75) is 33.6 Å². The maximum atomic E-state index is 11.1. The van der Waals surface area contributed by atoms with Crippen LogP contribution in [0.25, 0.3) is 0 Å². The summed E-state index contributed by atoms with van der Waals surface area (Å²) in [6.07, 6.45) is 0.917. The predicted octanol–water partition coefficient (Wildman–Crippen LogP) is 3.19. The third kappa shape index (κ3) is 4.58. The zero-order valence-corrected chi connectivity index (χ0v) is 13.3. The van der Waals surface area contributed by atoms with Gasteiger partial charge in [0.1, 0.15) is 0 Å². The minimum atomic E-state index is 0.272. The van der Waals surface area contributed by atoms with Crippen molar-refractivity contribution < 1.29 is 9.53 Å². The molecule has 0 N–H and O–H groups in total. The first kappa shape index (κ1) is 16.1. The van der Waals surface area contributed by atoms with Crippen LogP contribution in [0.1, 0.15) is 49.0 Å². The lowest BCUT2D eigenvalue weighted by Crippen LogP contribution is -2.30. The van der Waals surface area contributed by atoms with E-state index in [1.807, 2.05) is 0 Å². The molecule has 4 nitrogen and oxygen atoms in total. The molecule has 1 heterocycles. The van der Waals surface area contributed by atoms with Gasteiger partial charge < -0.3 is 9.64 Å². The highest BCUT2D eigenvalue weighted by Gasteiger charge is 2.18. The fraction of sp³-hybridized carbons (Fsp3) is 0.714. The van der Waals surface area contributed by atoms with E-state index in [1.165, 1.54) is 11.3 Å². The topological polar surface area (TPSA) is 42.4 Å². The van der Waals surface area contributed by atoms with Crippen LogP contribution in [-0.4, -0.2) is 38.1 Å². The Balaban J connectivity index is 2.97. The van der Waals surface area contributed by atoms with Crippen molar-refractivity contribution in [1.82, 2.24) is 4.98 Å². The highest BCUT2D eigenvalue weighted by atomic mass is 32.1. The van der Waals surface area contributed by atoms with Crippen LogP contribution >= 0.6 is 11.3 Å². The second-order valence-corrected chi connectivity index (χ2v) is 6.36. The van der Waals surface area contributed by atoms with Crippen molar-refractivity contribution in [2.24, 2.45) is 5.92 Å². The summed E-state index contributed by atoms with van der Waals surface area (Å²) in [6, 6.07) is 0. The lowest BCUT2D eigenvalue weighted by molar-refractivity contribution is 0.112. The lowest BCUT2D eigenvalue weighted by atomic mass is 10.1. The lowest BCUT2D eigenvalue weighted by Gasteiger charge is -2.23. The van der Waals surface area contributed by atoms with Gasteiger partial charge in [0.25, 0.3) is 0 Å². The molecule has 0 saturated carbocycles. The molecule has 0 saturated heterocycles. The molecule has 0 fully saturated rings. The summed E-state index contributed by atoms with van der Waals surface area (Å²) >= 11 is 1.48. The quantitative estimate of drug-likeness (QED) is 0.688. The molecule has 0 aliphatic rings. The molecule has 1 aromatic rings. The number of anilines is 1. The summed E-state index contributed by atoms with van der Waals surface area (Å²) in [4.78, 5) is 18.7. The summed E-state index contributed by atoms with van der Waals surface area (Å²) in [5, 5.41) is 0.927. The summed E-state index contributed by atoms with van der Waals surface area (Å²) in [6.45, 7) is 10.9. The number of aldehydes is 1. The minimum absolute atomic E-state index is 0.272. The number of carbonyl (C=O) groups is 1. The van der Waals surface area contributed by atoms with Gasteiger partial charge in [0.05, 0.1) is 17.2 Å². The number of nitrogens with zero attached hydrogens (tertiary/aromatic N) is 2. The molecule has 0 radical (unpaired) electrons. The number of carbonyl (C=O) groups excluding carboxylic acids is 1. The predicted molar refractivity (Wildman–Crippen MR) is 80.5 cm³/mol. The monoisotopic (exact) mass is 284 g/mol. The molecule has 0 aromatic carbocycles. The number of ether oxygens (including phenoxy) is 1. The van der Waals surface area contributed by atoms with Crippen molar-refractivity contribution in [3.63, 3.8) is 0 Å². The Bertz CT molecular complexity index is 402. The molecule has 19 heavy (non-hydrogen) atoms. The first-order valence-electron chi connectivity index (χ1n) is 6.69. The Kier molecular flexibility index (Phi) is 6.45. The van der Waals surface area contributed by atoms with Crippen molar-refractivity contribution in [3.8, 4) is 0 Å².